The number of phenols is 1. The molecule has 0 saturated carbocycles. The normalized spacial score (nSPS) is 18.2. The summed E-state index contributed by atoms with van der Waals surface area (Å²) in [4.78, 5) is 52.5. The van der Waals surface area contributed by atoms with E-state index >= 15 is 0 Å². The number of phenolic OH excluding ortho intramolecular Hbond substituents is 1. The van der Waals surface area contributed by atoms with Crippen LogP contribution in [-0.4, -0.2) is 58.2 Å². The van der Waals surface area contributed by atoms with Crippen LogP contribution in [0.3, 0.4) is 0 Å². The van der Waals surface area contributed by atoms with Gasteiger partial charge in [-0.3, -0.25) is 19.2 Å². The Morgan fingerprint density at radius 1 is 1.12 bits per heavy atom. The number of pyridine rings is 1. The van der Waals surface area contributed by atoms with E-state index in [9.17, 15) is 29.4 Å². The summed E-state index contributed by atoms with van der Waals surface area (Å²) in [7, 11) is 1.39. The highest BCUT2D eigenvalue weighted by molar-refractivity contribution is 5.78. The van der Waals surface area contributed by atoms with Crippen LogP contribution in [0.2, 0.25) is 0 Å². The highest BCUT2D eigenvalue weighted by atomic mass is 16.5. The predicted molar refractivity (Wildman–Crippen MR) is 153 cm³/mol. The summed E-state index contributed by atoms with van der Waals surface area (Å²) >= 11 is 0. The molecule has 1 unspecified atom stereocenters. The summed E-state index contributed by atoms with van der Waals surface area (Å²) in [5, 5.41) is 23.3. The number of rotatable bonds is 9. The Bertz CT molecular complexity index is 1610. The molecule has 222 valence electrons. The Morgan fingerprint density at radius 2 is 1.93 bits per heavy atom. The van der Waals surface area contributed by atoms with E-state index in [-0.39, 0.29) is 71.6 Å². The number of nitrogens with zero attached hydrogens (tertiary/aromatic N) is 2. The number of piperidine rings is 1. The van der Waals surface area contributed by atoms with E-state index in [0.29, 0.717) is 31.6 Å². The number of hydrogen-bond donors (Lipinski definition) is 3. The average molecular weight is 578 g/mol. The molecule has 0 aliphatic carbocycles. The van der Waals surface area contributed by atoms with E-state index in [2.05, 4.69) is 5.32 Å². The number of methoxy groups -OCH3 is 1. The fourth-order valence-corrected chi connectivity index (χ4v) is 6.12. The van der Waals surface area contributed by atoms with Crippen molar-refractivity contribution in [1.29, 1.82) is 0 Å². The number of hydrogen-bond acceptors (Lipinski definition) is 8. The van der Waals surface area contributed by atoms with Gasteiger partial charge in [0.25, 0.3) is 5.56 Å². The second-order valence-electron chi connectivity index (χ2n) is 11.1. The van der Waals surface area contributed by atoms with E-state index < -0.39 is 17.1 Å². The van der Waals surface area contributed by atoms with Crippen molar-refractivity contribution in [2.75, 3.05) is 26.7 Å². The van der Waals surface area contributed by atoms with Gasteiger partial charge >= 0.3 is 0 Å². The van der Waals surface area contributed by atoms with Crippen LogP contribution < -0.4 is 21.0 Å². The second kappa shape index (κ2) is 12.1. The maximum atomic E-state index is 13.0. The van der Waals surface area contributed by atoms with Gasteiger partial charge in [0.2, 0.25) is 23.0 Å². The number of likely N-dealkylation sites (tertiary alicyclic amines) is 1. The van der Waals surface area contributed by atoms with Crippen LogP contribution in [0, 0.1) is 12.8 Å². The molecule has 3 N–H and O–H groups in total. The monoisotopic (exact) mass is 577 g/mol. The Balaban J connectivity index is 1.20. The lowest BCUT2D eigenvalue weighted by Gasteiger charge is -2.42. The fraction of sp³-hybridized carbons (Fsp3) is 0.419. The molecule has 2 aromatic heterocycles. The van der Waals surface area contributed by atoms with E-state index in [4.69, 9.17) is 9.15 Å². The zero-order chi connectivity index (χ0) is 30.0. The molecule has 4 heterocycles. The van der Waals surface area contributed by atoms with Gasteiger partial charge < -0.3 is 34.2 Å². The van der Waals surface area contributed by atoms with Crippen LogP contribution in [0.1, 0.15) is 60.3 Å². The highest BCUT2D eigenvalue weighted by Crippen LogP contribution is 2.37. The Hall–Kier alpha value is -4.54. The zero-order valence-corrected chi connectivity index (χ0v) is 23.7. The molecule has 2 bridgehead atoms. The Kier molecular flexibility index (Phi) is 8.37. The summed E-state index contributed by atoms with van der Waals surface area (Å²) in [5.41, 5.74) is 0.864. The van der Waals surface area contributed by atoms with Gasteiger partial charge in [-0.15, -0.1) is 0 Å². The van der Waals surface area contributed by atoms with Crippen molar-refractivity contribution in [3.05, 3.63) is 85.8 Å². The smallest absolute Gasteiger partial charge is 0.250 e. The van der Waals surface area contributed by atoms with Gasteiger partial charge in [-0.2, -0.15) is 0 Å². The summed E-state index contributed by atoms with van der Waals surface area (Å²) in [6, 6.07) is 11.0. The van der Waals surface area contributed by atoms with E-state index in [0.717, 1.165) is 12.1 Å². The third-order valence-corrected chi connectivity index (χ3v) is 8.11. The largest absolute Gasteiger partial charge is 0.504 e. The second-order valence-corrected chi connectivity index (χ2v) is 11.1. The van der Waals surface area contributed by atoms with E-state index in [1.54, 1.807) is 25.1 Å². The van der Waals surface area contributed by atoms with Crippen LogP contribution in [0.25, 0.3) is 0 Å². The topological polar surface area (TPSA) is 151 Å². The standard InChI is InChI=1S/C31H35N3O8/c1-18-11-25(36)30(40)31(42-18)22(20-8-9-24(35)26(13-20)41-2)14-27(37)32-10-4-7-28(38)33-15-19-12-21(17-33)23-5-3-6-29(39)34(23)16-19/h3,5-6,8-9,11,13,19,21-22,35,40H,4,7,10,12,14-17H2,1-2H3,(H,32,37)/t19-,21+,22?/m1/s1. The van der Waals surface area contributed by atoms with Gasteiger partial charge in [0.05, 0.1) is 13.0 Å². The number of aryl methyl sites for hydroxylation is 1. The molecule has 11 nitrogen and oxygen atoms in total. The molecule has 1 fully saturated rings. The lowest BCUT2D eigenvalue weighted by Crippen LogP contribution is -2.49. The summed E-state index contributed by atoms with van der Waals surface area (Å²) < 4.78 is 12.7. The van der Waals surface area contributed by atoms with Gasteiger partial charge in [-0.25, -0.2) is 0 Å². The molecular formula is C31H35N3O8. The maximum absolute atomic E-state index is 13.0. The number of benzene rings is 1. The molecule has 2 aliphatic rings. The van der Waals surface area contributed by atoms with Gasteiger partial charge in [0.1, 0.15) is 5.76 Å². The van der Waals surface area contributed by atoms with Crippen LogP contribution in [0.5, 0.6) is 17.2 Å². The molecule has 5 rings (SSSR count). The number of fused-ring (bicyclic) bond motifs is 4. The molecule has 0 spiro atoms. The van der Waals surface area contributed by atoms with E-state index in [1.165, 1.54) is 25.3 Å². The molecule has 1 aromatic carbocycles. The van der Waals surface area contributed by atoms with Crippen LogP contribution in [0.15, 0.2) is 56.5 Å². The number of ether oxygens (including phenoxy) is 1. The Labute approximate surface area is 242 Å². The number of carbonyl (C=O) groups is 2. The first kappa shape index (κ1) is 29.0. The molecule has 2 amide bonds. The number of carbonyl (C=O) groups excluding carboxylic acids is 2. The van der Waals surface area contributed by atoms with Crippen LogP contribution in [0.4, 0.5) is 0 Å². The van der Waals surface area contributed by atoms with Gasteiger partial charge in [0, 0.05) is 62.8 Å². The molecule has 1 saturated heterocycles. The van der Waals surface area contributed by atoms with Crippen molar-refractivity contribution < 1.29 is 29.0 Å². The molecule has 3 aromatic rings. The van der Waals surface area contributed by atoms with Crippen molar-refractivity contribution >= 4 is 11.8 Å². The van der Waals surface area contributed by atoms with E-state index in [1.807, 2.05) is 15.5 Å². The highest BCUT2D eigenvalue weighted by Gasteiger charge is 2.36. The number of nitrogens with one attached hydrogen (secondary N) is 1. The minimum Gasteiger partial charge on any atom is -0.504 e. The van der Waals surface area contributed by atoms with Gasteiger partial charge in [-0.05, 0) is 49.4 Å². The van der Waals surface area contributed by atoms with Gasteiger partial charge in [-0.1, -0.05) is 12.1 Å². The summed E-state index contributed by atoms with van der Waals surface area (Å²) in [5.74, 6) is -1.09. The van der Waals surface area contributed by atoms with Crippen molar-refractivity contribution in [1.82, 2.24) is 14.8 Å². The van der Waals surface area contributed by atoms with Crippen LogP contribution in [-0.2, 0) is 16.1 Å². The van der Waals surface area contributed by atoms with Gasteiger partial charge in [0.15, 0.2) is 17.3 Å². The quantitative estimate of drug-likeness (QED) is 0.328. The minimum atomic E-state index is -0.836. The maximum Gasteiger partial charge on any atom is 0.250 e. The fourth-order valence-electron chi connectivity index (χ4n) is 6.12. The summed E-state index contributed by atoms with van der Waals surface area (Å²) in [6.45, 7) is 3.65. The third-order valence-electron chi connectivity index (χ3n) is 8.11. The first-order valence-electron chi connectivity index (χ1n) is 14.1. The molecule has 11 heteroatoms. The zero-order valence-electron chi connectivity index (χ0n) is 23.7. The SMILES string of the molecule is COc1cc(C(CC(=O)NCCCC(=O)N2C[C@H]3C[C@@H](C2)c2cccc(=O)n2C3)c2oc(C)cc(=O)c2O)ccc1O. The van der Waals surface area contributed by atoms with Crippen LogP contribution >= 0.6 is 0 Å². The average Bonchev–Trinajstić information content (AvgIpc) is 2.97. The molecular weight excluding hydrogens is 542 g/mol. The van der Waals surface area contributed by atoms with Crippen molar-refractivity contribution in [3.63, 3.8) is 0 Å². The molecule has 0 radical (unpaired) electrons. The third kappa shape index (κ3) is 6.05. The Morgan fingerprint density at radius 3 is 2.71 bits per heavy atom. The van der Waals surface area contributed by atoms with Crippen molar-refractivity contribution in [3.8, 4) is 17.2 Å². The lowest BCUT2D eigenvalue weighted by atomic mass is 9.83. The predicted octanol–water partition coefficient (Wildman–Crippen LogP) is 2.59. The molecule has 42 heavy (non-hydrogen) atoms. The van der Waals surface area contributed by atoms with Crippen molar-refractivity contribution in [2.24, 2.45) is 5.92 Å². The molecule has 2 aliphatic heterocycles. The number of aromatic hydroxyl groups is 2. The van der Waals surface area contributed by atoms with Crippen molar-refractivity contribution in [2.45, 2.75) is 51.0 Å². The lowest BCUT2D eigenvalue weighted by molar-refractivity contribution is -0.134. The number of amides is 2. The first-order chi connectivity index (χ1) is 20.1. The summed E-state index contributed by atoms with van der Waals surface area (Å²) in [6.07, 6.45) is 1.52. The first-order valence-corrected chi connectivity index (χ1v) is 14.1. The molecule has 3 atom stereocenters. The number of aromatic nitrogens is 1. The minimum absolute atomic E-state index is 0.00394.